The van der Waals surface area contributed by atoms with Crippen molar-refractivity contribution in [2.45, 2.75) is 134 Å². The third-order valence-corrected chi connectivity index (χ3v) is 11.3. The van der Waals surface area contributed by atoms with Crippen molar-refractivity contribution in [2.75, 3.05) is 0 Å². The van der Waals surface area contributed by atoms with Crippen LogP contribution in [0.3, 0.4) is 0 Å². The van der Waals surface area contributed by atoms with Gasteiger partial charge in [-0.2, -0.15) is 0 Å². The number of nitrogens with two attached hydrogens (primary N) is 1. The lowest BCUT2D eigenvalue weighted by Gasteiger charge is -2.30. The summed E-state index contributed by atoms with van der Waals surface area (Å²) < 4.78 is 0. The number of rotatable bonds is 32. The zero-order valence-corrected chi connectivity index (χ0v) is 41.4. The maximum atomic E-state index is 14.1. The van der Waals surface area contributed by atoms with Crippen molar-refractivity contribution in [3.63, 3.8) is 0 Å². The first kappa shape index (κ1) is 61.7. The first-order valence-electron chi connectivity index (χ1n) is 23.4. The van der Waals surface area contributed by atoms with Crippen LogP contribution in [0.5, 0.6) is 0 Å². The van der Waals surface area contributed by atoms with Crippen LogP contribution in [0.2, 0.25) is 0 Å². The maximum absolute atomic E-state index is 14.1. The third kappa shape index (κ3) is 21.5. The number of carboxylic acids is 4. The van der Waals surface area contributed by atoms with Gasteiger partial charge >= 0.3 is 23.9 Å². The van der Waals surface area contributed by atoms with Crippen molar-refractivity contribution in [1.29, 1.82) is 0 Å². The van der Waals surface area contributed by atoms with Crippen molar-refractivity contribution in [3.05, 3.63) is 71.8 Å². The smallest absolute Gasteiger partial charge is 0.326 e. The molecule has 0 aliphatic heterocycles. The summed E-state index contributed by atoms with van der Waals surface area (Å²) in [5.74, 6) is -17.1. The molecule has 0 bridgehead atoms. The van der Waals surface area contributed by atoms with E-state index in [0.29, 0.717) is 5.56 Å². The van der Waals surface area contributed by atoms with E-state index in [2.05, 4.69) is 31.9 Å². The molecule has 0 aliphatic carbocycles. The molecule has 0 saturated carbocycles. The van der Waals surface area contributed by atoms with Gasteiger partial charge in [0.15, 0.2) is 0 Å². The summed E-state index contributed by atoms with van der Waals surface area (Å²) in [6.45, 7) is 7.74. The summed E-state index contributed by atoms with van der Waals surface area (Å²) in [5.41, 5.74) is 5.97. The summed E-state index contributed by atoms with van der Waals surface area (Å²) in [7, 11) is 0. The minimum Gasteiger partial charge on any atom is -0.481 e. The number of amides is 9. The molecular formula is C48H65N9O17. The molecule has 74 heavy (non-hydrogen) atoms. The molecule has 0 spiro atoms. The number of primary amides is 1. The Hall–Kier alpha value is -8.45. The van der Waals surface area contributed by atoms with Crippen LogP contribution in [0.15, 0.2) is 60.7 Å². The van der Waals surface area contributed by atoms with E-state index >= 15 is 0 Å². The number of carbonyl (C=O) groups excluding carboxylic acids is 9. The van der Waals surface area contributed by atoms with Gasteiger partial charge in [-0.25, -0.2) is 4.79 Å². The molecule has 0 aliphatic rings. The average molecular weight is 1040 g/mol. The normalized spacial score (nSPS) is 14.5. The second kappa shape index (κ2) is 30.4. The lowest BCUT2D eigenvalue weighted by Crippen LogP contribution is -2.62. The largest absolute Gasteiger partial charge is 0.481 e. The molecular weight excluding hydrogens is 975 g/mol. The molecule has 26 nitrogen and oxygen atoms in total. The maximum Gasteiger partial charge on any atom is 0.326 e. The van der Waals surface area contributed by atoms with Crippen LogP contribution in [-0.2, 0) is 64.0 Å². The molecule has 0 saturated heterocycles. The molecule has 14 N–H and O–H groups in total. The van der Waals surface area contributed by atoms with Gasteiger partial charge in [-0.15, -0.1) is 0 Å². The van der Waals surface area contributed by atoms with Crippen LogP contribution in [0.25, 0.3) is 0 Å². The summed E-state index contributed by atoms with van der Waals surface area (Å²) in [4.78, 5) is 167. The Morgan fingerprint density at radius 3 is 1.39 bits per heavy atom. The zero-order valence-electron chi connectivity index (χ0n) is 41.4. The number of hydrogen-bond donors (Lipinski definition) is 13. The van der Waals surface area contributed by atoms with Crippen LogP contribution in [0, 0.1) is 11.8 Å². The van der Waals surface area contributed by atoms with Crippen LogP contribution >= 0.6 is 0 Å². The molecule has 2 rings (SSSR count). The summed E-state index contributed by atoms with van der Waals surface area (Å²) in [6, 6.07) is 3.49. The van der Waals surface area contributed by atoms with E-state index in [1.165, 1.54) is 13.8 Å². The van der Waals surface area contributed by atoms with E-state index in [0.717, 1.165) is 0 Å². The lowest BCUT2D eigenvalue weighted by molar-refractivity contribution is -0.144. The van der Waals surface area contributed by atoms with Gasteiger partial charge in [-0.05, 0) is 49.3 Å². The Labute approximate surface area is 425 Å². The minimum absolute atomic E-state index is 0.0579. The SMILES string of the molecule is CCC(C)[C@H](NC(=O)[C@@H](NC(=O)[C@@H](Cc1ccccc1)NC(=O)[C@@H](C)NC(=O)c1ccccc1)C(C)C)C(=O)N[C@H](CC(=O)O)C(=O)N[C@@H](CC(=O)O)C(=O)N[C@H](CCC(=O)O)C(=O)N[C@@H](CCC(N)=O)C(=O)O. The number of hydrogen-bond acceptors (Lipinski definition) is 13. The first-order chi connectivity index (χ1) is 34.7. The summed E-state index contributed by atoms with van der Waals surface area (Å²) >= 11 is 0. The lowest BCUT2D eigenvalue weighted by atomic mass is 9.95. The molecule has 0 aromatic heterocycles. The second-order valence-electron chi connectivity index (χ2n) is 17.6. The standard InChI is InChI=1S/C48H65N9O17/c1-6-25(4)39(57-46(71)38(24(2)3)56-45(70)31(21-27-13-9-7-10-14-27)53-40(65)26(5)50-41(66)28-15-11-8-12-16-28)47(72)55-33(23-37(63)64)44(69)54-32(22-36(61)62)43(68)51-29(18-20-35(59)60)42(67)52-30(48(73)74)17-19-34(49)58/h7-16,24-26,29-33,38-39H,6,17-23H2,1-5H3,(H2,49,58)(H,50,66)(H,51,68)(H,52,67)(H,53,65)(H,54,69)(H,55,72)(H,56,70)(H,57,71)(H,59,60)(H,61,62)(H,63,64)(H,73,74)/t25?,26-,29-,30+,31-,32+,33-,38+,39+/m1/s1. The van der Waals surface area contributed by atoms with Gasteiger partial charge in [-0.1, -0.05) is 82.6 Å². The highest BCUT2D eigenvalue weighted by atomic mass is 16.4. The molecule has 9 amide bonds. The van der Waals surface area contributed by atoms with E-state index in [-0.39, 0.29) is 18.4 Å². The van der Waals surface area contributed by atoms with E-state index in [1.54, 1.807) is 81.4 Å². The van der Waals surface area contributed by atoms with Crippen molar-refractivity contribution in [3.8, 4) is 0 Å². The number of carbonyl (C=O) groups is 13. The molecule has 1 unspecified atom stereocenters. The van der Waals surface area contributed by atoms with Gasteiger partial charge in [0.05, 0.1) is 12.8 Å². The topological polar surface area (TPSA) is 425 Å². The molecule has 2 aromatic carbocycles. The molecule has 404 valence electrons. The fourth-order valence-corrected chi connectivity index (χ4v) is 6.95. The first-order valence-corrected chi connectivity index (χ1v) is 23.4. The van der Waals surface area contributed by atoms with Crippen LogP contribution in [0.4, 0.5) is 0 Å². The van der Waals surface area contributed by atoms with E-state index in [4.69, 9.17) is 5.73 Å². The van der Waals surface area contributed by atoms with E-state index in [1.807, 2.05) is 10.6 Å². The second-order valence-corrected chi connectivity index (χ2v) is 17.6. The quantitative estimate of drug-likeness (QED) is 0.0389. The monoisotopic (exact) mass is 1040 g/mol. The summed E-state index contributed by atoms with van der Waals surface area (Å²) in [5, 5.41) is 56.9. The summed E-state index contributed by atoms with van der Waals surface area (Å²) in [6.07, 6.45) is -4.72. The number of benzene rings is 2. The minimum atomic E-state index is -2.13. The molecule has 26 heteroatoms. The van der Waals surface area contributed by atoms with Gasteiger partial charge in [-0.3, -0.25) is 57.5 Å². The molecule has 9 atom stereocenters. The number of carboxylic acid groups (broad SMARTS) is 4. The van der Waals surface area contributed by atoms with Crippen LogP contribution in [-0.4, -0.2) is 146 Å². The molecule has 0 radical (unpaired) electrons. The molecule has 0 heterocycles. The van der Waals surface area contributed by atoms with Gasteiger partial charge in [0, 0.05) is 24.8 Å². The highest BCUT2D eigenvalue weighted by Gasteiger charge is 2.37. The fourth-order valence-electron chi connectivity index (χ4n) is 6.95. The Balaban J connectivity index is 2.38. The molecule has 2 aromatic rings. The Morgan fingerprint density at radius 1 is 0.473 bits per heavy atom. The van der Waals surface area contributed by atoms with Gasteiger partial charge < -0.3 is 68.7 Å². The van der Waals surface area contributed by atoms with Crippen molar-refractivity contribution < 1.29 is 82.8 Å². The zero-order chi connectivity index (χ0) is 55.8. The third-order valence-electron chi connectivity index (χ3n) is 11.3. The highest BCUT2D eigenvalue weighted by molar-refractivity contribution is 6.00. The molecule has 0 fully saturated rings. The van der Waals surface area contributed by atoms with Crippen molar-refractivity contribution in [2.24, 2.45) is 17.6 Å². The Kier molecular flexibility index (Phi) is 25.4. The fraction of sp³-hybridized carbons (Fsp3) is 0.479. The predicted molar refractivity (Wildman–Crippen MR) is 259 cm³/mol. The van der Waals surface area contributed by atoms with Crippen LogP contribution in [0.1, 0.15) is 95.5 Å². The Morgan fingerprint density at radius 2 is 0.905 bits per heavy atom. The average Bonchev–Trinajstić information content (AvgIpc) is 3.33. The van der Waals surface area contributed by atoms with Crippen molar-refractivity contribution >= 4 is 77.0 Å². The predicted octanol–water partition coefficient (Wildman–Crippen LogP) is -1.69. The number of aliphatic carboxylic acids is 4. The van der Waals surface area contributed by atoms with Gasteiger partial charge in [0.1, 0.15) is 48.3 Å². The van der Waals surface area contributed by atoms with E-state index in [9.17, 15) is 82.8 Å². The van der Waals surface area contributed by atoms with Gasteiger partial charge in [0.2, 0.25) is 47.3 Å². The van der Waals surface area contributed by atoms with Crippen molar-refractivity contribution in [1.82, 2.24) is 42.5 Å². The number of nitrogens with one attached hydrogen (secondary N) is 8. The highest BCUT2D eigenvalue weighted by Crippen LogP contribution is 2.13. The van der Waals surface area contributed by atoms with E-state index < -0.39 is 176 Å². The van der Waals surface area contributed by atoms with Crippen LogP contribution < -0.4 is 48.3 Å². The van der Waals surface area contributed by atoms with Gasteiger partial charge in [0.25, 0.3) is 5.91 Å². The Bertz CT molecular complexity index is 2350.